The largest absolute Gasteiger partial charge is 0.479 e. The van der Waals surface area contributed by atoms with Crippen LogP contribution in [0.15, 0.2) is 36.7 Å². The van der Waals surface area contributed by atoms with Crippen molar-refractivity contribution in [2.75, 3.05) is 7.11 Å². The van der Waals surface area contributed by atoms with E-state index in [4.69, 9.17) is 9.47 Å². The Balaban J connectivity index is 1.74. The molecule has 130 valence electrons. The van der Waals surface area contributed by atoms with Gasteiger partial charge in [-0.15, -0.1) is 0 Å². The van der Waals surface area contributed by atoms with Gasteiger partial charge in [0, 0.05) is 0 Å². The van der Waals surface area contributed by atoms with Crippen molar-refractivity contribution in [2.45, 2.75) is 44.8 Å². The Morgan fingerprint density at radius 3 is 2.64 bits per heavy atom. The minimum Gasteiger partial charge on any atom is -0.479 e. The van der Waals surface area contributed by atoms with Crippen LogP contribution < -0.4 is 9.47 Å². The van der Waals surface area contributed by atoms with Gasteiger partial charge < -0.3 is 9.47 Å². The maximum Gasteiger partial charge on any atom is 0.299 e. The first-order chi connectivity index (χ1) is 12.3. The Bertz CT molecular complexity index is 841. The van der Waals surface area contributed by atoms with Crippen LogP contribution in [0.2, 0.25) is 0 Å². The Hall–Kier alpha value is -2.63. The smallest absolute Gasteiger partial charge is 0.299 e. The summed E-state index contributed by atoms with van der Waals surface area (Å²) in [6, 6.07) is 10.9. The summed E-state index contributed by atoms with van der Waals surface area (Å²) in [4.78, 5) is 13.3. The molecule has 1 saturated carbocycles. The van der Waals surface area contributed by atoms with Crippen molar-refractivity contribution in [1.82, 2.24) is 19.5 Å². The van der Waals surface area contributed by atoms with Gasteiger partial charge in [-0.1, -0.05) is 36.8 Å². The molecule has 0 radical (unpaired) electrons. The lowest BCUT2D eigenvalue weighted by atomic mass is 9.98. The van der Waals surface area contributed by atoms with Crippen LogP contribution in [0.4, 0.5) is 0 Å². The maximum absolute atomic E-state index is 6.27. The van der Waals surface area contributed by atoms with Gasteiger partial charge in [-0.25, -0.2) is 4.98 Å². The van der Waals surface area contributed by atoms with Gasteiger partial charge in [0.2, 0.25) is 5.88 Å². The zero-order chi connectivity index (χ0) is 17.1. The SMILES string of the molecule is COc1ncnc2c1nc(OC1CCCCC1)n2Cc1ccccc1. The van der Waals surface area contributed by atoms with Gasteiger partial charge in [-0.3, -0.25) is 4.57 Å². The number of rotatable bonds is 5. The van der Waals surface area contributed by atoms with Crippen LogP contribution in [-0.4, -0.2) is 32.7 Å². The van der Waals surface area contributed by atoms with Gasteiger partial charge in [0.25, 0.3) is 6.01 Å². The molecule has 0 N–H and O–H groups in total. The van der Waals surface area contributed by atoms with Crippen molar-refractivity contribution in [3.8, 4) is 11.9 Å². The number of methoxy groups -OCH3 is 1. The van der Waals surface area contributed by atoms with E-state index in [-0.39, 0.29) is 6.10 Å². The Morgan fingerprint density at radius 1 is 1.08 bits per heavy atom. The third-order valence-electron chi connectivity index (χ3n) is 4.66. The maximum atomic E-state index is 6.27. The lowest BCUT2D eigenvalue weighted by Crippen LogP contribution is -2.21. The minimum atomic E-state index is 0.221. The molecule has 0 atom stereocenters. The Kier molecular flexibility index (Phi) is 4.50. The second-order valence-electron chi connectivity index (χ2n) is 6.40. The van der Waals surface area contributed by atoms with Crippen molar-refractivity contribution >= 4 is 11.2 Å². The summed E-state index contributed by atoms with van der Waals surface area (Å²) in [6.45, 7) is 0.652. The fourth-order valence-corrected chi connectivity index (χ4v) is 3.38. The molecule has 3 aromatic rings. The van der Waals surface area contributed by atoms with Crippen molar-refractivity contribution in [3.63, 3.8) is 0 Å². The van der Waals surface area contributed by atoms with Crippen LogP contribution >= 0.6 is 0 Å². The highest BCUT2D eigenvalue weighted by Gasteiger charge is 2.22. The molecule has 0 amide bonds. The number of benzene rings is 1. The zero-order valence-corrected chi connectivity index (χ0v) is 14.4. The number of aromatic nitrogens is 4. The number of hydrogen-bond acceptors (Lipinski definition) is 5. The van der Waals surface area contributed by atoms with E-state index in [2.05, 4.69) is 27.1 Å². The Labute approximate surface area is 146 Å². The molecule has 6 nitrogen and oxygen atoms in total. The van der Waals surface area contributed by atoms with E-state index in [1.54, 1.807) is 7.11 Å². The van der Waals surface area contributed by atoms with Gasteiger partial charge in [0.05, 0.1) is 13.7 Å². The molecule has 0 bridgehead atoms. The molecule has 1 fully saturated rings. The van der Waals surface area contributed by atoms with Crippen LogP contribution in [0.25, 0.3) is 11.2 Å². The van der Waals surface area contributed by atoms with E-state index in [1.807, 2.05) is 22.8 Å². The predicted octanol–water partition coefficient (Wildman–Crippen LogP) is 3.59. The van der Waals surface area contributed by atoms with Crippen LogP contribution in [0.3, 0.4) is 0 Å². The minimum absolute atomic E-state index is 0.221. The standard InChI is InChI=1S/C19H22N4O2/c1-24-18-16-17(20-13-21-18)23(12-14-8-4-2-5-9-14)19(22-16)25-15-10-6-3-7-11-15/h2,4-5,8-9,13,15H,3,6-7,10-12H2,1H3. The zero-order valence-electron chi connectivity index (χ0n) is 14.4. The summed E-state index contributed by atoms with van der Waals surface area (Å²) in [5.41, 5.74) is 2.56. The molecule has 0 aliphatic heterocycles. The molecule has 4 rings (SSSR count). The van der Waals surface area contributed by atoms with Gasteiger partial charge in [-0.05, 0) is 31.2 Å². The molecule has 0 spiro atoms. The van der Waals surface area contributed by atoms with Gasteiger partial charge in [0.1, 0.15) is 12.4 Å². The second kappa shape index (κ2) is 7.09. The summed E-state index contributed by atoms with van der Waals surface area (Å²) in [7, 11) is 1.60. The number of ether oxygens (including phenoxy) is 2. The van der Waals surface area contributed by atoms with Gasteiger partial charge >= 0.3 is 0 Å². The molecule has 6 heteroatoms. The monoisotopic (exact) mass is 338 g/mol. The molecule has 0 unspecified atom stereocenters. The van der Waals surface area contributed by atoms with Crippen LogP contribution in [0.5, 0.6) is 11.9 Å². The first kappa shape index (κ1) is 15.9. The first-order valence-corrected chi connectivity index (χ1v) is 8.81. The van der Waals surface area contributed by atoms with Crippen LogP contribution in [0, 0.1) is 0 Å². The summed E-state index contributed by atoms with van der Waals surface area (Å²) in [5.74, 6) is 0.477. The fourth-order valence-electron chi connectivity index (χ4n) is 3.38. The highest BCUT2D eigenvalue weighted by atomic mass is 16.5. The normalized spacial score (nSPS) is 15.4. The lowest BCUT2D eigenvalue weighted by Gasteiger charge is -2.22. The van der Waals surface area contributed by atoms with E-state index in [9.17, 15) is 0 Å². The van der Waals surface area contributed by atoms with Crippen molar-refractivity contribution in [1.29, 1.82) is 0 Å². The highest BCUT2D eigenvalue weighted by Crippen LogP contribution is 2.29. The average molecular weight is 338 g/mol. The van der Waals surface area contributed by atoms with E-state index >= 15 is 0 Å². The molecule has 25 heavy (non-hydrogen) atoms. The van der Waals surface area contributed by atoms with Crippen molar-refractivity contribution in [3.05, 3.63) is 42.2 Å². The van der Waals surface area contributed by atoms with Gasteiger partial charge in [-0.2, -0.15) is 9.97 Å². The quantitative estimate of drug-likeness (QED) is 0.711. The van der Waals surface area contributed by atoms with E-state index in [0.29, 0.717) is 24.0 Å². The van der Waals surface area contributed by atoms with Crippen molar-refractivity contribution in [2.24, 2.45) is 0 Å². The predicted molar refractivity (Wildman–Crippen MR) is 94.9 cm³/mol. The van der Waals surface area contributed by atoms with E-state index < -0.39 is 0 Å². The fraction of sp³-hybridized carbons (Fsp3) is 0.421. The third-order valence-corrected chi connectivity index (χ3v) is 4.66. The first-order valence-electron chi connectivity index (χ1n) is 8.81. The van der Waals surface area contributed by atoms with E-state index in [1.165, 1.54) is 31.2 Å². The topological polar surface area (TPSA) is 62.1 Å². The molecule has 1 aliphatic rings. The van der Waals surface area contributed by atoms with E-state index in [0.717, 1.165) is 18.5 Å². The highest BCUT2D eigenvalue weighted by molar-refractivity contribution is 5.77. The number of nitrogens with zero attached hydrogens (tertiary/aromatic N) is 4. The van der Waals surface area contributed by atoms with Crippen LogP contribution in [-0.2, 0) is 6.54 Å². The molecule has 1 aromatic carbocycles. The third kappa shape index (κ3) is 3.29. The lowest BCUT2D eigenvalue weighted by molar-refractivity contribution is 0.137. The molecule has 1 aliphatic carbocycles. The summed E-state index contributed by atoms with van der Waals surface area (Å²) in [6.07, 6.45) is 7.61. The Morgan fingerprint density at radius 2 is 1.88 bits per heavy atom. The summed E-state index contributed by atoms with van der Waals surface area (Å²) in [5, 5.41) is 0. The number of hydrogen-bond donors (Lipinski definition) is 0. The molecular formula is C19H22N4O2. The summed E-state index contributed by atoms with van der Waals surface area (Å²) >= 11 is 0. The molecular weight excluding hydrogens is 316 g/mol. The molecule has 2 heterocycles. The van der Waals surface area contributed by atoms with Crippen molar-refractivity contribution < 1.29 is 9.47 Å². The summed E-state index contributed by atoms with van der Waals surface area (Å²) < 4.78 is 13.6. The molecule has 2 aromatic heterocycles. The second-order valence-corrected chi connectivity index (χ2v) is 6.40. The molecule has 0 saturated heterocycles. The number of imidazole rings is 1. The number of fused-ring (bicyclic) bond motifs is 1. The van der Waals surface area contributed by atoms with Gasteiger partial charge in [0.15, 0.2) is 11.2 Å². The average Bonchev–Trinajstić information content (AvgIpc) is 3.01. The van der Waals surface area contributed by atoms with Crippen LogP contribution in [0.1, 0.15) is 37.7 Å².